The van der Waals surface area contributed by atoms with E-state index in [0.29, 0.717) is 12.3 Å². The molecule has 0 radical (unpaired) electrons. The summed E-state index contributed by atoms with van der Waals surface area (Å²) in [4.78, 5) is 23.0. The summed E-state index contributed by atoms with van der Waals surface area (Å²) < 4.78 is 5.52. The molecular formula is C15H21N3O3. The van der Waals surface area contributed by atoms with Crippen LogP contribution in [0, 0.1) is 0 Å². The first-order valence-electron chi connectivity index (χ1n) is 7.27. The Hall–Kier alpha value is -2.24. The van der Waals surface area contributed by atoms with Crippen molar-refractivity contribution in [1.82, 2.24) is 10.6 Å². The molecule has 1 aliphatic heterocycles. The lowest BCUT2D eigenvalue weighted by atomic mass is 10.0. The van der Waals surface area contributed by atoms with Gasteiger partial charge in [0.1, 0.15) is 5.75 Å². The molecule has 0 aliphatic carbocycles. The highest BCUT2D eigenvalue weighted by molar-refractivity contribution is 5.95. The average molecular weight is 291 g/mol. The van der Waals surface area contributed by atoms with Gasteiger partial charge < -0.3 is 15.4 Å². The topological polar surface area (TPSA) is 79.5 Å². The zero-order valence-corrected chi connectivity index (χ0v) is 12.2. The van der Waals surface area contributed by atoms with Crippen LogP contribution in [0.3, 0.4) is 0 Å². The summed E-state index contributed by atoms with van der Waals surface area (Å²) in [6.07, 6.45) is 2.92. The van der Waals surface area contributed by atoms with E-state index in [1.165, 1.54) is 5.56 Å². The molecule has 0 bridgehead atoms. The molecule has 6 heteroatoms. The summed E-state index contributed by atoms with van der Waals surface area (Å²) in [5.41, 5.74) is 2.15. The van der Waals surface area contributed by atoms with Crippen molar-refractivity contribution in [2.24, 2.45) is 0 Å². The number of fused-ring (bicyclic) bond motifs is 1. The van der Waals surface area contributed by atoms with Gasteiger partial charge in [0, 0.05) is 13.1 Å². The van der Waals surface area contributed by atoms with Gasteiger partial charge >= 0.3 is 6.03 Å². The van der Waals surface area contributed by atoms with Crippen molar-refractivity contribution >= 4 is 17.6 Å². The predicted molar refractivity (Wildman–Crippen MR) is 80.6 cm³/mol. The van der Waals surface area contributed by atoms with Gasteiger partial charge in [-0.1, -0.05) is 19.1 Å². The van der Waals surface area contributed by atoms with E-state index in [1.54, 1.807) is 0 Å². The van der Waals surface area contributed by atoms with Crippen molar-refractivity contribution in [2.75, 3.05) is 25.0 Å². The second kappa shape index (κ2) is 7.52. The van der Waals surface area contributed by atoms with Gasteiger partial charge in [-0.2, -0.15) is 0 Å². The minimum Gasteiger partial charge on any atom is -0.482 e. The van der Waals surface area contributed by atoms with E-state index < -0.39 is 11.9 Å². The van der Waals surface area contributed by atoms with Crippen molar-refractivity contribution < 1.29 is 14.3 Å². The first-order valence-corrected chi connectivity index (χ1v) is 7.27. The predicted octanol–water partition coefficient (Wildman–Crippen LogP) is 1.66. The lowest BCUT2D eigenvalue weighted by Crippen LogP contribution is -2.41. The third-order valence-corrected chi connectivity index (χ3v) is 3.18. The van der Waals surface area contributed by atoms with Gasteiger partial charge in [0.05, 0.1) is 5.69 Å². The summed E-state index contributed by atoms with van der Waals surface area (Å²) in [6, 6.07) is 5.29. The lowest BCUT2D eigenvalue weighted by molar-refractivity contribution is -0.121. The Balaban J connectivity index is 1.85. The van der Waals surface area contributed by atoms with Crippen LogP contribution in [0.25, 0.3) is 0 Å². The molecule has 1 aromatic rings. The maximum absolute atomic E-state index is 11.6. The maximum Gasteiger partial charge on any atom is 0.321 e. The van der Waals surface area contributed by atoms with E-state index in [0.717, 1.165) is 31.5 Å². The van der Waals surface area contributed by atoms with Crippen LogP contribution in [0.5, 0.6) is 5.75 Å². The molecule has 0 spiro atoms. The van der Waals surface area contributed by atoms with E-state index in [9.17, 15) is 9.59 Å². The van der Waals surface area contributed by atoms with Gasteiger partial charge in [-0.25, -0.2) is 4.79 Å². The van der Waals surface area contributed by atoms with Crippen LogP contribution in [-0.4, -0.2) is 31.6 Å². The first-order chi connectivity index (χ1) is 10.2. The van der Waals surface area contributed by atoms with E-state index >= 15 is 0 Å². The van der Waals surface area contributed by atoms with Crippen LogP contribution < -0.4 is 20.7 Å². The summed E-state index contributed by atoms with van der Waals surface area (Å²) >= 11 is 0. The molecule has 0 aromatic heterocycles. The third kappa shape index (κ3) is 4.37. The number of hydrogen-bond acceptors (Lipinski definition) is 4. The fourth-order valence-electron chi connectivity index (χ4n) is 2.19. The maximum atomic E-state index is 11.6. The molecule has 1 aromatic carbocycles. The van der Waals surface area contributed by atoms with Gasteiger partial charge in [0.2, 0.25) is 0 Å². The number of urea groups is 1. The Morgan fingerprint density at radius 1 is 1.38 bits per heavy atom. The van der Waals surface area contributed by atoms with E-state index in [2.05, 4.69) is 16.0 Å². The van der Waals surface area contributed by atoms with Crippen molar-refractivity contribution in [2.45, 2.75) is 26.2 Å². The second-order valence-corrected chi connectivity index (χ2v) is 4.91. The molecular weight excluding hydrogens is 270 g/mol. The molecule has 6 nitrogen and oxygen atoms in total. The average Bonchev–Trinajstić information content (AvgIpc) is 2.51. The number of rotatable bonds is 5. The number of para-hydroxylation sites is 1. The van der Waals surface area contributed by atoms with E-state index in [1.807, 2.05) is 25.1 Å². The molecule has 1 heterocycles. The Bertz CT molecular complexity index is 517. The smallest absolute Gasteiger partial charge is 0.321 e. The van der Waals surface area contributed by atoms with Crippen molar-refractivity contribution in [3.8, 4) is 5.75 Å². The molecule has 2 rings (SSSR count). The molecule has 0 unspecified atom stereocenters. The molecule has 0 saturated carbocycles. The van der Waals surface area contributed by atoms with Crippen molar-refractivity contribution in [3.05, 3.63) is 23.8 Å². The first kappa shape index (κ1) is 15.2. The Morgan fingerprint density at radius 2 is 2.24 bits per heavy atom. The van der Waals surface area contributed by atoms with Gasteiger partial charge in [0.25, 0.3) is 5.91 Å². The van der Waals surface area contributed by atoms with Gasteiger partial charge in [-0.05, 0) is 30.9 Å². The highest BCUT2D eigenvalue weighted by Gasteiger charge is 2.14. The van der Waals surface area contributed by atoms with Crippen LogP contribution >= 0.6 is 0 Å². The number of aryl methyl sites for hydroxylation is 1. The minimum absolute atomic E-state index is 0.183. The Labute approximate surface area is 124 Å². The summed E-state index contributed by atoms with van der Waals surface area (Å²) in [5.74, 6) is 0.188. The lowest BCUT2D eigenvalue weighted by Gasteiger charge is -2.20. The molecule has 0 saturated heterocycles. The normalized spacial score (nSPS) is 12.8. The fraction of sp³-hybridized carbons (Fsp3) is 0.467. The number of hydrogen-bond donors (Lipinski definition) is 3. The molecule has 0 fully saturated rings. The molecule has 1 aliphatic rings. The van der Waals surface area contributed by atoms with Gasteiger partial charge in [-0.3, -0.25) is 10.1 Å². The fourth-order valence-corrected chi connectivity index (χ4v) is 2.19. The molecule has 21 heavy (non-hydrogen) atoms. The highest BCUT2D eigenvalue weighted by atomic mass is 16.5. The number of amides is 3. The minimum atomic E-state index is -0.487. The Morgan fingerprint density at radius 3 is 3.05 bits per heavy atom. The number of benzene rings is 1. The van der Waals surface area contributed by atoms with E-state index in [4.69, 9.17) is 4.74 Å². The number of carbonyl (C=O) groups is 2. The van der Waals surface area contributed by atoms with Gasteiger partial charge in [0.15, 0.2) is 6.61 Å². The molecule has 3 amide bonds. The van der Waals surface area contributed by atoms with Crippen LogP contribution in [0.1, 0.15) is 25.3 Å². The number of ether oxygens (including phenoxy) is 1. The number of anilines is 1. The number of imide groups is 1. The highest BCUT2D eigenvalue weighted by Crippen LogP contribution is 2.31. The molecule has 114 valence electrons. The quantitative estimate of drug-likeness (QED) is 0.771. The second-order valence-electron chi connectivity index (χ2n) is 4.91. The van der Waals surface area contributed by atoms with Crippen LogP contribution in [0.2, 0.25) is 0 Å². The standard InChI is InChI=1S/C15H21N3O3/c1-2-8-17-15(20)18-13(19)10-21-12-7-3-5-11-6-4-9-16-14(11)12/h3,5,7,16H,2,4,6,8-10H2,1H3,(H2,17,18,19,20). The molecule has 0 atom stereocenters. The van der Waals surface area contributed by atoms with Crippen LogP contribution in [-0.2, 0) is 11.2 Å². The van der Waals surface area contributed by atoms with Crippen molar-refractivity contribution in [1.29, 1.82) is 0 Å². The number of nitrogens with one attached hydrogen (secondary N) is 3. The van der Waals surface area contributed by atoms with Crippen LogP contribution in [0.4, 0.5) is 10.5 Å². The zero-order chi connectivity index (χ0) is 15.1. The summed E-state index contributed by atoms with van der Waals surface area (Å²) in [6.45, 7) is 3.20. The van der Waals surface area contributed by atoms with E-state index in [-0.39, 0.29) is 6.61 Å². The zero-order valence-electron chi connectivity index (χ0n) is 12.2. The van der Waals surface area contributed by atoms with Crippen molar-refractivity contribution in [3.63, 3.8) is 0 Å². The Kier molecular flexibility index (Phi) is 5.43. The van der Waals surface area contributed by atoms with Gasteiger partial charge in [-0.15, -0.1) is 0 Å². The largest absolute Gasteiger partial charge is 0.482 e. The molecule has 3 N–H and O–H groups in total. The SMILES string of the molecule is CCCNC(=O)NC(=O)COc1cccc2c1NCCC2. The van der Waals surface area contributed by atoms with Crippen LogP contribution in [0.15, 0.2) is 18.2 Å². The number of carbonyl (C=O) groups excluding carboxylic acids is 2. The summed E-state index contributed by atoms with van der Waals surface area (Å²) in [5, 5.41) is 8.09. The monoisotopic (exact) mass is 291 g/mol. The third-order valence-electron chi connectivity index (χ3n) is 3.18. The summed E-state index contributed by atoms with van der Waals surface area (Å²) in [7, 11) is 0.